The molecule has 3 rings (SSSR count). The van der Waals surface area contributed by atoms with Crippen LogP contribution in [0.2, 0.25) is 0 Å². The molecule has 0 aromatic heterocycles. The van der Waals surface area contributed by atoms with Crippen LogP contribution in [-0.4, -0.2) is 55.5 Å². The lowest BCUT2D eigenvalue weighted by Gasteiger charge is -2.35. The summed E-state index contributed by atoms with van der Waals surface area (Å²) in [4.78, 5) is 29.3. The van der Waals surface area contributed by atoms with Crippen molar-refractivity contribution >= 4 is 17.5 Å². The lowest BCUT2D eigenvalue weighted by molar-refractivity contribution is -0.125. The molecule has 6 nitrogen and oxygen atoms in total. The number of ether oxygens (including phenoxy) is 1. The number of anilines is 1. The van der Waals surface area contributed by atoms with Crippen molar-refractivity contribution in [3.63, 3.8) is 0 Å². The molecule has 0 saturated carbocycles. The van der Waals surface area contributed by atoms with Gasteiger partial charge in [-0.15, -0.1) is 0 Å². The van der Waals surface area contributed by atoms with E-state index < -0.39 is 0 Å². The Morgan fingerprint density at radius 1 is 1.10 bits per heavy atom. The Kier molecular flexibility index (Phi) is 7.75. The Balaban J connectivity index is 1.40. The lowest BCUT2D eigenvalue weighted by atomic mass is 9.92. The molecule has 30 heavy (non-hydrogen) atoms. The third kappa shape index (κ3) is 6.21. The number of fused-ring (bicyclic) bond motifs is 1. The maximum Gasteiger partial charge on any atom is 0.227 e. The fourth-order valence-corrected chi connectivity index (χ4v) is 4.73. The molecule has 2 aliphatic rings. The maximum absolute atomic E-state index is 12.8. The second-order valence-electron chi connectivity index (χ2n) is 9.31. The third-order valence-corrected chi connectivity index (χ3v) is 5.96. The Labute approximate surface area is 180 Å². The van der Waals surface area contributed by atoms with E-state index in [0.29, 0.717) is 13.1 Å². The number of hydrogen-bond donors (Lipinski definition) is 1. The predicted molar refractivity (Wildman–Crippen MR) is 120 cm³/mol. The number of carbonyl (C=O) groups is 2. The minimum Gasteiger partial charge on any atom is -0.487 e. The topological polar surface area (TPSA) is 61.9 Å². The van der Waals surface area contributed by atoms with E-state index in [9.17, 15) is 9.59 Å². The molecule has 1 N–H and O–H groups in total. The van der Waals surface area contributed by atoms with Crippen LogP contribution in [0.15, 0.2) is 18.2 Å². The van der Waals surface area contributed by atoms with Gasteiger partial charge in [0.2, 0.25) is 11.8 Å². The maximum atomic E-state index is 12.8. The van der Waals surface area contributed by atoms with Crippen LogP contribution in [0.1, 0.15) is 52.0 Å². The fourth-order valence-electron chi connectivity index (χ4n) is 4.73. The quantitative estimate of drug-likeness (QED) is 0.694. The number of piperidine rings is 1. The van der Waals surface area contributed by atoms with E-state index in [4.69, 9.17) is 4.74 Å². The molecule has 3 atom stereocenters. The summed E-state index contributed by atoms with van der Waals surface area (Å²) < 4.78 is 5.84. The molecule has 166 valence electrons. The Morgan fingerprint density at radius 2 is 1.83 bits per heavy atom. The summed E-state index contributed by atoms with van der Waals surface area (Å²) in [5, 5.41) is 2.98. The highest BCUT2D eigenvalue weighted by Gasteiger charge is 2.27. The van der Waals surface area contributed by atoms with Gasteiger partial charge in [0.1, 0.15) is 11.9 Å². The Morgan fingerprint density at radius 3 is 2.57 bits per heavy atom. The molecule has 0 radical (unpaired) electrons. The highest BCUT2D eigenvalue weighted by atomic mass is 16.5. The molecule has 2 amide bonds. The first-order valence-electron chi connectivity index (χ1n) is 11.4. The summed E-state index contributed by atoms with van der Waals surface area (Å²) in [5.41, 5.74) is 1.89. The van der Waals surface area contributed by atoms with Crippen LogP contribution in [0, 0.1) is 18.8 Å². The second-order valence-corrected chi connectivity index (χ2v) is 9.31. The highest BCUT2D eigenvalue weighted by Crippen LogP contribution is 2.34. The van der Waals surface area contributed by atoms with Crippen molar-refractivity contribution in [3.8, 4) is 5.75 Å². The van der Waals surface area contributed by atoms with Crippen molar-refractivity contribution < 1.29 is 14.3 Å². The van der Waals surface area contributed by atoms with Gasteiger partial charge in [-0.1, -0.05) is 19.9 Å². The van der Waals surface area contributed by atoms with Gasteiger partial charge in [-0.2, -0.15) is 0 Å². The summed E-state index contributed by atoms with van der Waals surface area (Å²) in [5.74, 6) is 2.17. The number of likely N-dealkylation sites (tertiary alicyclic amines) is 1. The molecular weight excluding hydrogens is 378 g/mol. The number of nitrogens with zero attached hydrogens (tertiary/aromatic N) is 2. The molecule has 0 spiro atoms. The molecular formula is C24H37N3O3. The van der Waals surface area contributed by atoms with E-state index in [1.165, 1.54) is 6.42 Å². The van der Waals surface area contributed by atoms with Crippen molar-refractivity contribution in [1.29, 1.82) is 0 Å². The summed E-state index contributed by atoms with van der Waals surface area (Å²) in [6, 6.07) is 5.87. The van der Waals surface area contributed by atoms with Crippen molar-refractivity contribution in [2.75, 3.05) is 37.6 Å². The molecule has 1 fully saturated rings. The Hall–Kier alpha value is -2.08. The van der Waals surface area contributed by atoms with Gasteiger partial charge in [0, 0.05) is 32.5 Å². The molecule has 0 aliphatic carbocycles. The summed E-state index contributed by atoms with van der Waals surface area (Å²) in [6.07, 6.45) is 2.65. The van der Waals surface area contributed by atoms with Gasteiger partial charge in [-0.25, -0.2) is 0 Å². The number of rotatable bonds is 7. The van der Waals surface area contributed by atoms with E-state index in [2.05, 4.69) is 24.1 Å². The third-order valence-electron chi connectivity index (χ3n) is 5.96. The molecule has 1 saturated heterocycles. The molecule has 2 aliphatic heterocycles. The SMILES string of the molecule is Cc1ccc2c(c1)N(C(=O)CCC(=O)NCCCN1CC(C)CC(C)C1)CC(C)O2. The van der Waals surface area contributed by atoms with Crippen LogP contribution in [0.3, 0.4) is 0 Å². The average molecular weight is 416 g/mol. The first kappa shape index (κ1) is 22.6. The van der Waals surface area contributed by atoms with E-state index in [1.54, 1.807) is 4.90 Å². The zero-order valence-corrected chi connectivity index (χ0v) is 18.9. The standard InChI is InChI=1S/C24H37N3O3/c1-17-6-7-22-21(13-17)27(16-20(4)30-22)24(29)9-8-23(28)25-10-5-11-26-14-18(2)12-19(3)15-26/h6-7,13,18-20H,5,8-12,14-16H2,1-4H3,(H,25,28). The minimum atomic E-state index is -0.0572. The number of amides is 2. The summed E-state index contributed by atoms with van der Waals surface area (Å²) in [7, 11) is 0. The van der Waals surface area contributed by atoms with Crippen molar-refractivity contribution in [2.45, 2.75) is 59.5 Å². The van der Waals surface area contributed by atoms with Crippen molar-refractivity contribution in [1.82, 2.24) is 10.2 Å². The highest BCUT2D eigenvalue weighted by molar-refractivity contribution is 5.97. The van der Waals surface area contributed by atoms with Crippen LogP contribution in [0.5, 0.6) is 5.75 Å². The van der Waals surface area contributed by atoms with Gasteiger partial charge in [0.15, 0.2) is 0 Å². The average Bonchev–Trinajstić information content (AvgIpc) is 2.68. The normalized spacial score (nSPS) is 24.1. The first-order valence-corrected chi connectivity index (χ1v) is 11.4. The lowest BCUT2D eigenvalue weighted by Crippen LogP contribution is -2.42. The van der Waals surface area contributed by atoms with E-state index >= 15 is 0 Å². The molecule has 1 aromatic carbocycles. The van der Waals surface area contributed by atoms with Crippen LogP contribution < -0.4 is 15.0 Å². The monoisotopic (exact) mass is 415 g/mol. The van der Waals surface area contributed by atoms with Crippen LogP contribution in [0.4, 0.5) is 5.69 Å². The van der Waals surface area contributed by atoms with Crippen LogP contribution in [-0.2, 0) is 9.59 Å². The number of aryl methyl sites for hydroxylation is 1. The summed E-state index contributed by atoms with van der Waals surface area (Å²) >= 11 is 0. The second kappa shape index (κ2) is 10.3. The Bertz CT molecular complexity index is 741. The first-order chi connectivity index (χ1) is 14.3. The van der Waals surface area contributed by atoms with Gasteiger partial charge in [-0.05, 0) is 62.8 Å². The van der Waals surface area contributed by atoms with Crippen LogP contribution >= 0.6 is 0 Å². The molecule has 2 heterocycles. The van der Waals surface area contributed by atoms with Gasteiger partial charge < -0.3 is 19.9 Å². The number of carbonyl (C=O) groups excluding carboxylic acids is 2. The van der Waals surface area contributed by atoms with Gasteiger partial charge in [-0.3, -0.25) is 9.59 Å². The number of hydrogen-bond acceptors (Lipinski definition) is 4. The van der Waals surface area contributed by atoms with Gasteiger partial charge in [0.05, 0.1) is 12.2 Å². The van der Waals surface area contributed by atoms with E-state index in [1.807, 2.05) is 32.0 Å². The zero-order valence-electron chi connectivity index (χ0n) is 18.9. The smallest absolute Gasteiger partial charge is 0.227 e. The largest absolute Gasteiger partial charge is 0.487 e. The molecule has 3 unspecified atom stereocenters. The van der Waals surface area contributed by atoms with E-state index in [0.717, 1.165) is 54.9 Å². The van der Waals surface area contributed by atoms with Gasteiger partial charge >= 0.3 is 0 Å². The molecule has 6 heteroatoms. The van der Waals surface area contributed by atoms with Gasteiger partial charge in [0.25, 0.3) is 0 Å². The predicted octanol–water partition coefficient (Wildman–Crippen LogP) is 3.37. The zero-order chi connectivity index (χ0) is 21.7. The van der Waals surface area contributed by atoms with E-state index in [-0.39, 0.29) is 30.8 Å². The fraction of sp³-hybridized carbons (Fsp3) is 0.667. The van der Waals surface area contributed by atoms with Crippen molar-refractivity contribution in [2.24, 2.45) is 11.8 Å². The summed E-state index contributed by atoms with van der Waals surface area (Å²) in [6.45, 7) is 13.1. The van der Waals surface area contributed by atoms with Crippen molar-refractivity contribution in [3.05, 3.63) is 23.8 Å². The van der Waals surface area contributed by atoms with Crippen LogP contribution in [0.25, 0.3) is 0 Å². The molecule has 0 bridgehead atoms. The molecule has 1 aromatic rings. The number of benzene rings is 1. The minimum absolute atomic E-state index is 0.0246. The number of nitrogens with one attached hydrogen (secondary N) is 1.